The van der Waals surface area contributed by atoms with Gasteiger partial charge in [0.1, 0.15) is 4.21 Å². The van der Waals surface area contributed by atoms with Crippen molar-refractivity contribution in [1.82, 2.24) is 9.21 Å². The average Bonchev–Trinajstić information content (AvgIpc) is 3.35. The molecule has 7 nitrogen and oxygen atoms in total. The second kappa shape index (κ2) is 9.68. The van der Waals surface area contributed by atoms with E-state index in [2.05, 4.69) is 17.0 Å². The van der Waals surface area contributed by atoms with Crippen molar-refractivity contribution in [3.05, 3.63) is 47.3 Å². The molecule has 0 spiro atoms. The zero-order chi connectivity index (χ0) is 21.8. The molecule has 2 saturated heterocycles. The van der Waals surface area contributed by atoms with Crippen molar-refractivity contribution in [3.8, 4) is 0 Å². The molecular weight excluding hydrogens is 434 g/mol. The Bertz CT molecular complexity index is 988. The molecule has 0 aliphatic carbocycles. The number of amides is 1. The van der Waals surface area contributed by atoms with Crippen LogP contribution in [0.25, 0.3) is 0 Å². The number of nitrogens with zero attached hydrogens (tertiary/aromatic N) is 3. The number of carbonyl (C=O) groups is 1. The largest absolute Gasteiger partial charge is 0.378 e. The average molecular weight is 464 g/mol. The van der Waals surface area contributed by atoms with Gasteiger partial charge in [0.15, 0.2) is 0 Å². The summed E-state index contributed by atoms with van der Waals surface area (Å²) in [5, 5.41) is 1.76. The number of rotatable bonds is 6. The monoisotopic (exact) mass is 463 g/mol. The Morgan fingerprint density at radius 2 is 1.94 bits per heavy atom. The second-order valence-electron chi connectivity index (χ2n) is 8.06. The lowest BCUT2D eigenvalue weighted by Crippen LogP contribution is -2.45. The van der Waals surface area contributed by atoms with Gasteiger partial charge in [-0.1, -0.05) is 24.3 Å². The number of thiophene rings is 1. The Balaban J connectivity index is 1.44. The van der Waals surface area contributed by atoms with Gasteiger partial charge >= 0.3 is 0 Å². The molecule has 2 fully saturated rings. The van der Waals surface area contributed by atoms with Crippen molar-refractivity contribution in [2.24, 2.45) is 5.92 Å². The first-order valence-electron chi connectivity index (χ1n) is 10.7. The van der Waals surface area contributed by atoms with E-state index in [1.807, 2.05) is 19.2 Å². The van der Waals surface area contributed by atoms with Gasteiger partial charge in [0.2, 0.25) is 5.91 Å². The zero-order valence-corrected chi connectivity index (χ0v) is 19.4. The number of hydrogen-bond acceptors (Lipinski definition) is 6. The van der Waals surface area contributed by atoms with E-state index in [1.54, 1.807) is 22.4 Å². The van der Waals surface area contributed by atoms with E-state index in [0.29, 0.717) is 43.4 Å². The van der Waals surface area contributed by atoms with E-state index in [0.717, 1.165) is 24.3 Å². The van der Waals surface area contributed by atoms with Crippen LogP contribution in [0.3, 0.4) is 0 Å². The van der Waals surface area contributed by atoms with Crippen LogP contribution in [-0.2, 0) is 26.1 Å². The highest BCUT2D eigenvalue weighted by Gasteiger charge is 2.35. The standard InChI is InChI=1S/C22H29N3O4S2/c1-23(16-18-6-2-3-8-20(18)24-11-13-29-14-12-24)22(26)19-7-4-10-25(17-19)31(27,28)21-9-5-15-30-21/h2-3,5-6,8-9,15,19H,4,7,10-14,16-17H2,1H3/t19-/m0/s1. The minimum Gasteiger partial charge on any atom is -0.378 e. The van der Waals surface area contributed by atoms with Crippen LogP contribution >= 0.6 is 11.3 Å². The van der Waals surface area contributed by atoms with Crippen molar-refractivity contribution in [3.63, 3.8) is 0 Å². The first kappa shape index (κ1) is 22.3. The summed E-state index contributed by atoms with van der Waals surface area (Å²) in [6.07, 6.45) is 1.41. The van der Waals surface area contributed by atoms with Gasteiger partial charge in [-0.3, -0.25) is 4.79 Å². The second-order valence-corrected chi connectivity index (χ2v) is 11.2. The predicted octanol–water partition coefficient (Wildman–Crippen LogP) is 2.64. The third-order valence-corrected chi connectivity index (χ3v) is 9.19. The summed E-state index contributed by atoms with van der Waals surface area (Å²) >= 11 is 1.22. The number of sulfonamides is 1. The Morgan fingerprint density at radius 1 is 1.16 bits per heavy atom. The van der Waals surface area contributed by atoms with Gasteiger partial charge in [-0.25, -0.2) is 8.42 Å². The molecule has 9 heteroatoms. The highest BCUT2D eigenvalue weighted by atomic mass is 32.2. The molecule has 1 aromatic heterocycles. The Labute approximate surface area is 188 Å². The molecule has 0 radical (unpaired) electrons. The number of piperidine rings is 1. The highest BCUT2D eigenvalue weighted by molar-refractivity contribution is 7.91. The number of para-hydroxylation sites is 1. The molecule has 0 saturated carbocycles. The number of carbonyl (C=O) groups excluding carboxylic acids is 1. The van der Waals surface area contributed by atoms with Crippen molar-refractivity contribution in [1.29, 1.82) is 0 Å². The number of benzene rings is 1. The summed E-state index contributed by atoms with van der Waals surface area (Å²) in [6.45, 7) is 4.31. The molecule has 2 aliphatic heterocycles. The molecule has 0 bridgehead atoms. The van der Waals surface area contributed by atoms with Gasteiger partial charge in [-0.05, 0) is 35.9 Å². The molecule has 3 heterocycles. The van der Waals surface area contributed by atoms with Gasteiger partial charge in [0.05, 0.1) is 19.1 Å². The van der Waals surface area contributed by atoms with Gasteiger partial charge in [0.25, 0.3) is 10.0 Å². The van der Waals surface area contributed by atoms with Crippen LogP contribution in [0.1, 0.15) is 18.4 Å². The first-order valence-corrected chi connectivity index (χ1v) is 13.0. The lowest BCUT2D eigenvalue weighted by Gasteiger charge is -2.34. The lowest BCUT2D eigenvalue weighted by molar-refractivity contribution is -0.135. The van der Waals surface area contributed by atoms with Gasteiger partial charge in [-0.2, -0.15) is 4.31 Å². The molecule has 2 aromatic rings. The molecule has 2 aliphatic rings. The van der Waals surface area contributed by atoms with Crippen molar-refractivity contribution >= 4 is 33.0 Å². The van der Waals surface area contributed by atoms with E-state index in [4.69, 9.17) is 4.74 Å². The summed E-state index contributed by atoms with van der Waals surface area (Å²) in [5.74, 6) is -0.313. The molecule has 168 valence electrons. The van der Waals surface area contributed by atoms with Crippen molar-refractivity contribution in [2.75, 3.05) is 51.3 Å². The van der Waals surface area contributed by atoms with E-state index in [9.17, 15) is 13.2 Å². The Hall–Kier alpha value is -1.94. The number of hydrogen-bond donors (Lipinski definition) is 0. The highest BCUT2D eigenvalue weighted by Crippen LogP contribution is 2.28. The molecule has 4 rings (SSSR count). The fourth-order valence-electron chi connectivity index (χ4n) is 4.30. The Kier molecular flexibility index (Phi) is 6.95. The molecule has 0 unspecified atom stereocenters. The van der Waals surface area contributed by atoms with Gasteiger partial charge in [-0.15, -0.1) is 11.3 Å². The zero-order valence-electron chi connectivity index (χ0n) is 17.8. The minimum absolute atomic E-state index is 0.00265. The quantitative estimate of drug-likeness (QED) is 0.659. The maximum absolute atomic E-state index is 13.2. The lowest BCUT2D eigenvalue weighted by atomic mass is 9.98. The third kappa shape index (κ3) is 4.95. The molecular formula is C22H29N3O4S2. The summed E-state index contributed by atoms with van der Waals surface area (Å²) < 4.78 is 33.1. The summed E-state index contributed by atoms with van der Waals surface area (Å²) in [4.78, 5) is 17.3. The van der Waals surface area contributed by atoms with Crippen LogP contribution in [0.15, 0.2) is 46.0 Å². The van der Waals surface area contributed by atoms with Crippen LogP contribution in [0.4, 0.5) is 5.69 Å². The smallest absolute Gasteiger partial charge is 0.252 e. The normalized spacial score (nSPS) is 20.5. The van der Waals surface area contributed by atoms with E-state index in [1.165, 1.54) is 15.6 Å². The number of anilines is 1. The van der Waals surface area contributed by atoms with E-state index in [-0.39, 0.29) is 18.4 Å². The summed E-state index contributed by atoms with van der Waals surface area (Å²) in [5.41, 5.74) is 2.23. The first-order chi connectivity index (χ1) is 15.0. The van der Waals surface area contributed by atoms with Gasteiger partial charge < -0.3 is 14.5 Å². The maximum Gasteiger partial charge on any atom is 0.252 e. The molecule has 1 aromatic carbocycles. The van der Waals surface area contributed by atoms with Gasteiger partial charge in [0, 0.05) is 45.5 Å². The van der Waals surface area contributed by atoms with E-state index >= 15 is 0 Å². The fraction of sp³-hybridized carbons (Fsp3) is 0.500. The van der Waals surface area contributed by atoms with E-state index < -0.39 is 10.0 Å². The van der Waals surface area contributed by atoms with Crippen LogP contribution in [0.2, 0.25) is 0 Å². The predicted molar refractivity (Wildman–Crippen MR) is 122 cm³/mol. The van der Waals surface area contributed by atoms with Crippen LogP contribution in [0, 0.1) is 5.92 Å². The summed E-state index contributed by atoms with van der Waals surface area (Å²) in [6, 6.07) is 11.5. The Morgan fingerprint density at radius 3 is 2.68 bits per heavy atom. The maximum atomic E-state index is 13.2. The van der Waals surface area contributed by atoms with Crippen molar-refractivity contribution in [2.45, 2.75) is 23.6 Å². The van der Waals surface area contributed by atoms with Crippen LogP contribution in [0.5, 0.6) is 0 Å². The minimum atomic E-state index is -3.53. The van der Waals surface area contributed by atoms with Crippen LogP contribution < -0.4 is 4.90 Å². The van der Waals surface area contributed by atoms with Crippen molar-refractivity contribution < 1.29 is 17.9 Å². The summed E-state index contributed by atoms with van der Waals surface area (Å²) in [7, 11) is -1.72. The fourth-order valence-corrected chi connectivity index (χ4v) is 6.97. The molecule has 1 amide bonds. The number of morpholine rings is 1. The third-order valence-electron chi connectivity index (χ3n) is 5.95. The molecule has 1 atom stereocenters. The topological polar surface area (TPSA) is 70.2 Å². The SMILES string of the molecule is CN(Cc1ccccc1N1CCOCC1)C(=O)[C@H]1CCCN(S(=O)(=O)c2cccs2)C1. The van der Waals surface area contributed by atoms with Crippen LogP contribution in [-0.4, -0.2) is 70.0 Å². The number of ether oxygens (including phenoxy) is 1. The molecule has 31 heavy (non-hydrogen) atoms. The molecule has 0 N–H and O–H groups in total.